The second-order valence-corrected chi connectivity index (χ2v) is 6.50. The number of carbonyl (C=O) groups is 1. The second-order valence-electron chi connectivity index (χ2n) is 6.50. The van der Waals surface area contributed by atoms with Gasteiger partial charge in [0.25, 0.3) is 5.91 Å². The number of nitrogens with two attached hydrogens (primary N) is 1. The molecule has 1 aliphatic heterocycles. The predicted molar refractivity (Wildman–Crippen MR) is 90.7 cm³/mol. The van der Waals surface area contributed by atoms with Crippen LogP contribution in [0.5, 0.6) is 0 Å². The quantitative estimate of drug-likeness (QED) is 0.877. The second kappa shape index (κ2) is 7.75. The minimum absolute atomic E-state index is 0.138. The van der Waals surface area contributed by atoms with Crippen LogP contribution in [0.2, 0.25) is 0 Å². The summed E-state index contributed by atoms with van der Waals surface area (Å²) in [6, 6.07) is 8.61. The zero-order chi connectivity index (χ0) is 16.1. The predicted octanol–water partition coefficient (Wildman–Crippen LogP) is 2.34. The van der Waals surface area contributed by atoms with E-state index in [1.54, 1.807) is 0 Å². The van der Waals surface area contributed by atoms with Crippen molar-refractivity contribution < 1.29 is 4.79 Å². The van der Waals surface area contributed by atoms with Crippen LogP contribution in [0.25, 0.3) is 0 Å². The van der Waals surface area contributed by atoms with Crippen LogP contribution in [0.4, 0.5) is 0 Å². The van der Waals surface area contributed by atoms with E-state index in [0.717, 1.165) is 38.2 Å². The summed E-state index contributed by atoms with van der Waals surface area (Å²) < 4.78 is 0. The van der Waals surface area contributed by atoms with Crippen LogP contribution in [0, 0.1) is 5.92 Å². The molecule has 1 amide bonds. The Morgan fingerprint density at radius 1 is 1.36 bits per heavy atom. The van der Waals surface area contributed by atoms with Gasteiger partial charge in [0.15, 0.2) is 0 Å². The Labute approximate surface area is 134 Å². The molecule has 1 heterocycles. The van der Waals surface area contributed by atoms with Crippen LogP contribution in [-0.4, -0.2) is 47.9 Å². The molecule has 1 aromatic rings. The van der Waals surface area contributed by atoms with Crippen LogP contribution >= 0.6 is 0 Å². The first-order valence-corrected chi connectivity index (χ1v) is 8.37. The van der Waals surface area contributed by atoms with Gasteiger partial charge in [0.05, 0.1) is 0 Å². The Bertz CT molecular complexity index is 484. The number of amides is 1. The van der Waals surface area contributed by atoms with E-state index >= 15 is 0 Å². The molecular weight excluding hydrogens is 274 g/mol. The van der Waals surface area contributed by atoms with E-state index in [2.05, 4.69) is 37.8 Å². The summed E-state index contributed by atoms with van der Waals surface area (Å²) in [6.07, 6.45) is 1.03. The third kappa shape index (κ3) is 4.08. The fraction of sp³-hybridized carbons (Fsp3) is 0.611. The highest BCUT2D eigenvalue weighted by molar-refractivity contribution is 5.94. The molecule has 1 fully saturated rings. The normalized spacial score (nSPS) is 18.5. The van der Waals surface area contributed by atoms with E-state index in [9.17, 15) is 4.79 Å². The average Bonchev–Trinajstić information content (AvgIpc) is 3.01. The van der Waals surface area contributed by atoms with Crippen LogP contribution < -0.4 is 5.73 Å². The van der Waals surface area contributed by atoms with Gasteiger partial charge in [-0.25, -0.2) is 0 Å². The molecule has 22 heavy (non-hydrogen) atoms. The van der Waals surface area contributed by atoms with Gasteiger partial charge in [-0.1, -0.05) is 19.1 Å². The standard InChI is InChI=1S/C18H29N3O/c1-4-20(14(2)3)12-15-5-7-17(8-6-15)18(22)21-10-9-16(11-19)13-21/h5-8,14,16H,4,9-13,19H2,1-3H3. The third-order valence-electron chi connectivity index (χ3n) is 4.63. The number of nitrogens with zero attached hydrogens (tertiary/aromatic N) is 2. The van der Waals surface area contributed by atoms with E-state index < -0.39 is 0 Å². The lowest BCUT2D eigenvalue weighted by molar-refractivity contribution is 0.0787. The van der Waals surface area contributed by atoms with E-state index in [-0.39, 0.29) is 5.91 Å². The largest absolute Gasteiger partial charge is 0.338 e. The number of benzene rings is 1. The molecule has 1 atom stereocenters. The lowest BCUT2D eigenvalue weighted by Crippen LogP contribution is -2.30. The van der Waals surface area contributed by atoms with E-state index in [0.29, 0.717) is 18.5 Å². The molecule has 1 aliphatic rings. The van der Waals surface area contributed by atoms with Gasteiger partial charge in [-0.3, -0.25) is 9.69 Å². The maximum atomic E-state index is 12.5. The number of likely N-dealkylation sites (tertiary alicyclic amines) is 1. The molecule has 0 radical (unpaired) electrons. The maximum absolute atomic E-state index is 12.5. The molecule has 4 heteroatoms. The van der Waals surface area contributed by atoms with Crippen molar-refractivity contribution in [2.75, 3.05) is 26.2 Å². The Morgan fingerprint density at radius 2 is 2.05 bits per heavy atom. The van der Waals surface area contributed by atoms with Crippen LogP contribution in [0.3, 0.4) is 0 Å². The van der Waals surface area contributed by atoms with Crippen molar-refractivity contribution in [3.63, 3.8) is 0 Å². The smallest absolute Gasteiger partial charge is 0.253 e. The van der Waals surface area contributed by atoms with Gasteiger partial charge in [-0.05, 0) is 57.0 Å². The number of hydrogen-bond acceptors (Lipinski definition) is 3. The average molecular weight is 303 g/mol. The molecule has 0 spiro atoms. The lowest BCUT2D eigenvalue weighted by Gasteiger charge is -2.24. The van der Waals surface area contributed by atoms with Crippen molar-refractivity contribution in [2.24, 2.45) is 11.7 Å². The van der Waals surface area contributed by atoms with Gasteiger partial charge < -0.3 is 10.6 Å². The van der Waals surface area contributed by atoms with Crippen molar-refractivity contribution in [1.29, 1.82) is 0 Å². The van der Waals surface area contributed by atoms with Crippen molar-refractivity contribution in [2.45, 2.75) is 39.8 Å². The summed E-state index contributed by atoms with van der Waals surface area (Å²) in [5.41, 5.74) is 7.74. The topological polar surface area (TPSA) is 49.6 Å². The first-order chi connectivity index (χ1) is 10.5. The molecule has 0 aromatic heterocycles. The summed E-state index contributed by atoms with van der Waals surface area (Å²) in [6.45, 7) is 10.9. The molecule has 0 bridgehead atoms. The zero-order valence-electron chi connectivity index (χ0n) is 14.1. The van der Waals surface area contributed by atoms with Crippen molar-refractivity contribution >= 4 is 5.91 Å². The molecule has 4 nitrogen and oxygen atoms in total. The summed E-state index contributed by atoms with van der Waals surface area (Å²) in [7, 11) is 0. The molecule has 2 rings (SSSR count). The molecule has 1 aromatic carbocycles. The van der Waals surface area contributed by atoms with Crippen molar-refractivity contribution in [1.82, 2.24) is 9.80 Å². The summed E-state index contributed by atoms with van der Waals surface area (Å²) in [5.74, 6) is 0.603. The molecular formula is C18H29N3O. The van der Waals surface area contributed by atoms with Gasteiger partial charge in [-0.2, -0.15) is 0 Å². The number of rotatable bonds is 6. The summed E-state index contributed by atoms with van der Waals surface area (Å²) >= 11 is 0. The van der Waals surface area contributed by atoms with Crippen LogP contribution in [0.15, 0.2) is 24.3 Å². The SMILES string of the molecule is CCN(Cc1ccc(C(=O)N2CCC(CN)C2)cc1)C(C)C. The van der Waals surface area contributed by atoms with Gasteiger partial charge in [0, 0.05) is 31.2 Å². The first kappa shape index (κ1) is 17.0. The summed E-state index contributed by atoms with van der Waals surface area (Å²) in [4.78, 5) is 16.8. The lowest BCUT2D eigenvalue weighted by atomic mass is 10.1. The Hall–Kier alpha value is -1.39. The van der Waals surface area contributed by atoms with Gasteiger partial charge in [0.2, 0.25) is 0 Å². The van der Waals surface area contributed by atoms with Crippen LogP contribution in [-0.2, 0) is 6.54 Å². The fourth-order valence-electron chi connectivity index (χ4n) is 3.04. The Kier molecular flexibility index (Phi) is 5.98. The molecule has 0 saturated carbocycles. The highest BCUT2D eigenvalue weighted by atomic mass is 16.2. The fourth-order valence-corrected chi connectivity index (χ4v) is 3.04. The highest BCUT2D eigenvalue weighted by Crippen LogP contribution is 2.18. The molecule has 2 N–H and O–H groups in total. The third-order valence-corrected chi connectivity index (χ3v) is 4.63. The van der Waals surface area contributed by atoms with Gasteiger partial charge in [0.1, 0.15) is 0 Å². The van der Waals surface area contributed by atoms with E-state index in [4.69, 9.17) is 5.73 Å². The molecule has 122 valence electrons. The van der Waals surface area contributed by atoms with Gasteiger partial charge in [-0.15, -0.1) is 0 Å². The molecule has 1 unspecified atom stereocenters. The van der Waals surface area contributed by atoms with E-state index in [1.165, 1.54) is 5.56 Å². The zero-order valence-corrected chi connectivity index (χ0v) is 14.1. The first-order valence-electron chi connectivity index (χ1n) is 8.37. The Balaban J connectivity index is 1.98. The van der Waals surface area contributed by atoms with E-state index in [1.807, 2.05) is 17.0 Å². The minimum Gasteiger partial charge on any atom is -0.338 e. The van der Waals surface area contributed by atoms with Crippen LogP contribution in [0.1, 0.15) is 43.1 Å². The van der Waals surface area contributed by atoms with Crippen molar-refractivity contribution in [3.8, 4) is 0 Å². The minimum atomic E-state index is 0.138. The molecule has 0 aliphatic carbocycles. The van der Waals surface area contributed by atoms with Crippen molar-refractivity contribution in [3.05, 3.63) is 35.4 Å². The van der Waals surface area contributed by atoms with Gasteiger partial charge >= 0.3 is 0 Å². The maximum Gasteiger partial charge on any atom is 0.253 e. The summed E-state index contributed by atoms with van der Waals surface area (Å²) in [5, 5.41) is 0. The number of carbonyl (C=O) groups excluding carboxylic acids is 1. The monoisotopic (exact) mass is 303 g/mol. The highest BCUT2D eigenvalue weighted by Gasteiger charge is 2.25. The number of hydrogen-bond donors (Lipinski definition) is 1. The Morgan fingerprint density at radius 3 is 2.55 bits per heavy atom. The molecule has 1 saturated heterocycles.